The number of urea groups is 1. The average Bonchev–Trinajstić information content (AvgIpc) is 3.15. The molecular formula is C28H35N3O5. The van der Waals surface area contributed by atoms with Crippen LogP contribution >= 0.6 is 0 Å². The number of ether oxygens (including phenoxy) is 3. The fourth-order valence-corrected chi connectivity index (χ4v) is 5.67. The predicted molar refractivity (Wildman–Crippen MR) is 135 cm³/mol. The van der Waals surface area contributed by atoms with Crippen molar-refractivity contribution in [3.05, 3.63) is 54.1 Å². The Kier molecular flexibility index (Phi) is 7.05. The van der Waals surface area contributed by atoms with Gasteiger partial charge in [-0.15, -0.1) is 0 Å². The summed E-state index contributed by atoms with van der Waals surface area (Å²) in [5.74, 6) is 2.18. The standard InChI is InChI=1S/C28H35N3O5/c1-3-28(21-13-15-30(16-14-21)17-20-9-11-22(12-10-20)34-4-2)26(32)31(27(33)29-28)18-23-19-35-24-7-5-6-8-25(24)36-23/h5-12,21,23H,3-4,13-19H2,1-2H3,(H,29,33)/t23-,28+/m0/s1. The summed E-state index contributed by atoms with van der Waals surface area (Å²) in [6.07, 6.45) is 1.91. The van der Waals surface area contributed by atoms with Gasteiger partial charge in [0.15, 0.2) is 17.6 Å². The highest BCUT2D eigenvalue weighted by Gasteiger charge is 2.55. The minimum atomic E-state index is -0.851. The molecule has 3 amide bonds. The first-order valence-corrected chi connectivity index (χ1v) is 13.0. The molecule has 5 rings (SSSR count). The number of nitrogens with one attached hydrogen (secondary N) is 1. The van der Waals surface area contributed by atoms with E-state index in [1.165, 1.54) is 10.5 Å². The fourth-order valence-electron chi connectivity index (χ4n) is 5.67. The third kappa shape index (κ3) is 4.74. The van der Waals surface area contributed by atoms with Gasteiger partial charge in [-0.2, -0.15) is 0 Å². The Hall–Kier alpha value is -3.26. The Morgan fingerprint density at radius 2 is 1.75 bits per heavy atom. The molecule has 2 saturated heterocycles. The van der Waals surface area contributed by atoms with Crippen molar-refractivity contribution in [2.75, 3.05) is 32.8 Å². The maximum atomic E-state index is 13.7. The molecule has 0 aromatic heterocycles. The summed E-state index contributed by atoms with van der Waals surface area (Å²) in [4.78, 5) is 30.4. The highest BCUT2D eigenvalue weighted by atomic mass is 16.6. The SMILES string of the molecule is CCOc1ccc(CN2CCC([C@@]3(CC)NC(=O)N(C[C@H]4COc5ccccc5O4)C3=O)CC2)cc1. The molecule has 192 valence electrons. The monoisotopic (exact) mass is 493 g/mol. The third-order valence-electron chi connectivity index (χ3n) is 7.64. The summed E-state index contributed by atoms with van der Waals surface area (Å²) in [5, 5.41) is 3.09. The molecule has 2 aromatic carbocycles. The van der Waals surface area contributed by atoms with Gasteiger partial charge in [0, 0.05) is 6.54 Å². The van der Waals surface area contributed by atoms with Crippen LogP contribution in [0.15, 0.2) is 48.5 Å². The Morgan fingerprint density at radius 3 is 2.44 bits per heavy atom. The van der Waals surface area contributed by atoms with Gasteiger partial charge in [0.25, 0.3) is 5.91 Å². The molecule has 2 aromatic rings. The van der Waals surface area contributed by atoms with Crippen LogP contribution in [0.5, 0.6) is 17.2 Å². The van der Waals surface area contributed by atoms with E-state index < -0.39 is 11.6 Å². The number of hydrogen-bond acceptors (Lipinski definition) is 6. The van der Waals surface area contributed by atoms with Crippen molar-refractivity contribution in [2.45, 2.75) is 51.3 Å². The number of imide groups is 1. The van der Waals surface area contributed by atoms with Crippen LogP contribution in [0.4, 0.5) is 4.79 Å². The van der Waals surface area contributed by atoms with Gasteiger partial charge >= 0.3 is 6.03 Å². The maximum Gasteiger partial charge on any atom is 0.325 e. The first-order chi connectivity index (χ1) is 17.5. The van der Waals surface area contributed by atoms with Crippen LogP contribution in [0.3, 0.4) is 0 Å². The largest absolute Gasteiger partial charge is 0.494 e. The van der Waals surface area contributed by atoms with Crippen molar-refractivity contribution in [3.63, 3.8) is 0 Å². The van der Waals surface area contributed by atoms with Gasteiger partial charge in [0.2, 0.25) is 0 Å². The Balaban J connectivity index is 1.19. The van der Waals surface area contributed by atoms with E-state index in [0.29, 0.717) is 31.1 Å². The molecule has 0 radical (unpaired) electrons. The molecule has 3 heterocycles. The highest BCUT2D eigenvalue weighted by Crippen LogP contribution is 2.37. The van der Waals surface area contributed by atoms with E-state index in [1.807, 2.05) is 50.2 Å². The smallest absolute Gasteiger partial charge is 0.325 e. The average molecular weight is 494 g/mol. The Labute approximate surface area is 212 Å². The van der Waals surface area contributed by atoms with E-state index in [4.69, 9.17) is 14.2 Å². The first-order valence-electron chi connectivity index (χ1n) is 13.0. The molecular weight excluding hydrogens is 458 g/mol. The molecule has 0 unspecified atom stereocenters. The lowest BCUT2D eigenvalue weighted by atomic mass is 9.75. The lowest BCUT2D eigenvalue weighted by Gasteiger charge is -2.40. The minimum absolute atomic E-state index is 0.102. The van der Waals surface area contributed by atoms with Crippen LogP contribution in [0.2, 0.25) is 0 Å². The molecule has 36 heavy (non-hydrogen) atoms. The summed E-state index contributed by atoms with van der Waals surface area (Å²) in [6, 6.07) is 15.4. The molecule has 8 heteroatoms. The van der Waals surface area contributed by atoms with Crippen LogP contribution in [0, 0.1) is 5.92 Å². The van der Waals surface area contributed by atoms with Gasteiger partial charge in [0.1, 0.15) is 17.9 Å². The summed E-state index contributed by atoms with van der Waals surface area (Å²) < 4.78 is 17.3. The van der Waals surface area contributed by atoms with E-state index in [1.54, 1.807) is 0 Å². The number of benzene rings is 2. The predicted octanol–water partition coefficient (Wildman–Crippen LogP) is 3.84. The number of hydrogen-bond donors (Lipinski definition) is 1. The van der Waals surface area contributed by atoms with Crippen molar-refractivity contribution >= 4 is 11.9 Å². The second-order valence-electron chi connectivity index (χ2n) is 9.80. The first kappa shape index (κ1) is 24.4. The van der Waals surface area contributed by atoms with Gasteiger partial charge in [-0.05, 0) is 75.0 Å². The number of carbonyl (C=O) groups is 2. The van der Waals surface area contributed by atoms with Gasteiger partial charge in [-0.3, -0.25) is 14.6 Å². The molecule has 0 aliphatic carbocycles. The van der Waals surface area contributed by atoms with Gasteiger partial charge < -0.3 is 19.5 Å². The number of fused-ring (bicyclic) bond motifs is 1. The van der Waals surface area contributed by atoms with E-state index in [-0.39, 0.29) is 24.4 Å². The molecule has 0 saturated carbocycles. The van der Waals surface area contributed by atoms with Gasteiger partial charge in [-0.1, -0.05) is 31.2 Å². The fraction of sp³-hybridized carbons (Fsp3) is 0.500. The van der Waals surface area contributed by atoms with E-state index in [2.05, 4.69) is 22.3 Å². The van der Waals surface area contributed by atoms with Crippen LogP contribution in [-0.4, -0.2) is 66.2 Å². The van der Waals surface area contributed by atoms with Crippen molar-refractivity contribution in [3.8, 4) is 17.2 Å². The molecule has 3 aliphatic rings. The zero-order chi connectivity index (χ0) is 25.1. The van der Waals surface area contributed by atoms with Gasteiger partial charge in [0.05, 0.1) is 13.2 Å². The van der Waals surface area contributed by atoms with Crippen LogP contribution < -0.4 is 19.5 Å². The second-order valence-corrected chi connectivity index (χ2v) is 9.80. The molecule has 8 nitrogen and oxygen atoms in total. The van der Waals surface area contributed by atoms with Crippen molar-refractivity contribution in [1.29, 1.82) is 0 Å². The normalized spacial score (nSPS) is 24.6. The zero-order valence-electron chi connectivity index (χ0n) is 21.1. The number of carbonyl (C=O) groups excluding carboxylic acids is 2. The van der Waals surface area contributed by atoms with Crippen LogP contribution in [0.1, 0.15) is 38.7 Å². The highest BCUT2D eigenvalue weighted by molar-refractivity contribution is 6.07. The number of nitrogens with zero attached hydrogens (tertiary/aromatic N) is 2. The summed E-state index contributed by atoms with van der Waals surface area (Å²) in [5.41, 5.74) is 0.394. The topological polar surface area (TPSA) is 80.3 Å². The molecule has 0 bridgehead atoms. The van der Waals surface area contributed by atoms with Crippen molar-refractivity contribution in [2.24, 2.45) is 5.92 Å². The summed E-state index contributed by atoms with van der Waals surface area (Å²) >= 11 is 0. The lowest BCUT2D eigenvalue weighted by Crippen LogP contribution is -2.56. The zero-order valence-corrected chi connectivity index (χ0v) is 21.1. The minimum Gasteiger partial charge on any atom is -0.494 e. The lowest BCUT2D eigenvalue weighted by molar-refractivity contribution is -0.135. The quantitative estimate of drug-likeness (QED) is 0.563. The van der Waals surface area contributed by atoms with E-state index in [0.717, 1.165) is 38.2 Å². The van der Waals surface area contributed by atoms with Crippen LogP contribution in [-0.2, 0) is 11.3 Å². The Morgan fingerprint density at radius 1 is 1.03 bits per heavy atom. The second kappa shape index (κ2) is 10.4. The Bertz CT molecular complexity index is 1080. The van der Waals surface area contributed by atoms with Crippen molar-refractivity contribution in [1.82, 2.24) is 15.1 Å². The van der Waals surface area contributed by atoms with E-state index in [9.17, 15) is 9.59 Å². The molecule has 2 fully saturated rings. The number of piperidine rings is 1. The molecule has 3 aliphatic heterocycles. The van der Waals surface area contributed by atoms with Crippen molar-refractivity contribution < 1.29 is 23.8 Å². The number of amides is 3. The number of rotatable bonds is 8. The molecule has 2 atom stereocenters. The summed E-state index contributed by atoms with van der Waals surface area (Å²) in [7, 11) is 0. The number of para-hydroxylation sites is 2. The molecule has 1 N–H and O–H groups in total. The van der Waals surface area contributed by atoms with Crippen LogP contribution in [0.25, 0.3) is 0 Å². The molecule has 0 spiro atoms. The van der Waals surface area contributed by atoms with Gasteiger partial charge in [-0.25, -0.2) is 4.79 Å². The maximum absolute atomic E-state index is 13.7. The van der Waals surface area contributed by atoms with E-state index >= 15 is 0 Å². The third-order valence-corrected chi connectivity index (χ3v) is 7.64. The summed E-state index contributed by atoms with van der Waals surface area (Å²) in [6.45, 7) is 7.76. The number of likely N-dealkylation sites (tertiary alicyclic amines) is 1.